The molecular formula is C23H24F3N3O5S. The number of Topliss-reactive ketones (excluding diaryl/α,β-unsaturated/α-hetero) is 1. The van der Waals surface area contributed by atoms with E-state index in [0.29, 0.717) is 11.1 Å². The number of hydrogen-bond donors (Lipinski definition) is 1. The van der Waals surface area contributed by atoms with Gasteiger partial charge in [-0.2, -0.15) is 17.5 Å². The van der Waals surface area contributed by atoms with Crippen molar-refractivity contribution in [1.29, 1.82) is 0 Å². The van der Waals surface area contributed by atoms with Gasteiger partial charge in [0.2, 0.25) is 21.8 Å². The van der Waals surface area contributed by atoms with Crippen molar-refractivity contribution in [2.24, 2.45) is 0 Å². The lowest BCUT2D eigenvalue weighted by atomic mass is 10.1. The number of ketones is 1. The van der Waals surface area contributed by atoms with Gasteiger partial charge in [-0.3, -0.25) is 14.4 Å². The zero-order valence-electron chi connectivity index (χ0n) is 19.0. The van der Waals surface area contributed by atoms with Gasteiger partial charge in [-0.15, -0.1) is 0 Å². The summed E-state index contributed by atoms with van der Waals surface area (Å²) in [5, 5.41) is 2.56. The highest BCUT2D eigenvalue weighted by atomic mass is 32.2. The molecule has 0 spiro atoms. The van der Waals surface area contributed by atoms with Crippen LogP contribution in [-0.2, 0) is 32.3 Å². The number of carbonyl (C=O) groups is 3. The number of rotatable bonds is 6. The molecule has 0 aromatic heterocycles. The Kier molecular flexibility index (Phi) is 7.65. The molecule has 1 atom stereocenters. The van der Waals surface area contributed by atoms with Crippen LogP contribution in [0.1, 0.15) is 35.3 Å². The van der Waals surface area contributed by atoms with Gasteiger partial charge in [0.1, 0.15) is 6.04 Å². The highest BCUT2D eigenvalue weighted by Gasteiger charge is 2.40. The van der Waals surface area contributed by atoms with Crippen molar-refractivity contribution in [1.82, 2.24) is 14.5 Å². The van der Waals surface area contributed by atoms with E-state index in [1.165, 1.54) is 55.1 Å². The fraction of sp³-hybridized carbons (Fsp3) is 0.348. The van der Waals surface area contributed by atoms with E-state index in [4.69, 9.17) is 0 Å². The van der Waals surface area contributed by atoms with E-state index >= 15 is 0 Å². The SMILES string of the molecule is CC(=O)c1ccc(S(=O)(=O)N2CCN(C(C)=O)CC2C(=O)NCc2ccc(C(F)(F)F)cc2)cc1. The summed E-state index contributed by atoms with van der Waals surface area (Å²) in [6.07, 6.45) is -4.49. The quantitative estimate of drug-likeness (QED) is 0.600. The molecule has 1 fully saturated rings. The minimum atomic E-state index is -4.49. The Morgan fingerprint density at radius 3 is 2.09 bits per heavy atom. The van der Waals surface area contributed by atoms with Crippen LogP contribution in [0.4, 0.5) is 13.2 Å². The fourth-order valence-electron chi connectivity index (χ4n) is 3.67. The molecule has 1 N–H and O–H groups in total. The molecule has 0 radical (unpaired) electrons. The number of nitrogens with one attached hydrogen (secondary N) is 1. The van der Waals surface area contributed by atoms with Crippen LogP contribution in [0.15, 0.2) is 53.4 Å². The third-order valence-electron chi connectivity index (χ3n) is 5.69. The molecule has 1 saturated heterocycles. The van der Waals surface area contributed by atoms with Crippen LogP contribution in [0.25, 0.3) is 0 Å². The number of nitrogens with zero attached hydrogens (tertiary/aromatic N) is 2. The standard InChI is InChI=1S/C23H24F3N3O5S/c1-15(30)18-5-9-20(10-6-18)35(33,34)29-12-11-28(16(2)31)14-21(29)22(32)27-13-17-3-7-19(8-4-17)23(24,25)26/h3-10,21H,11-14H2,1-2H3,(H,27,32). The minimum absolute atomic E-state index is 0.0861. The molecule has 1 aliphatic heterocycles. The van der Waals surface area contributed by atoms with Gasteiger partial charge in [0.05, 0.1) is 10.5 Å². The van der Waals surface area contributed by atoms with Gasteiger partial charge in [0.15, 0.2) is 5.78 Å². The first-order valence-corrected chi connectivity index (χ1v) is 12.1. The third kappa shape index (κ3) is 6.06. The number of halogens is 3. The van der Waals surface area contributed by atoms with Gasteiger partial charge in [0.25, 0.3) is 0 Å². The average Bonchev–Trinajstić information content (AvgIpc) is 2.81. The van der Waals surface area contributed by atoms with Gasteiger partial charge in [-0.25, -0.2) is 8.42 Å². The molecule has 0 aliphatic carbocycles. The fourth-order valence-corrected chi connectivity index (χ4v) is 5.24. The average molecular weight is 512 g/mol. The molecule has 8 nitrogen and oxygen atoms in total. The monoisotopic (exact) mass is 511 g/mol. The summed E-state index contributed by atoms with van der Waals surface area (Å²) in [7, 11) is -4.15. The molecule has 1 aliphatic rings. The first-order chi connectivity index (χ1) is 16.3. The molecule has 0 bridgehead atoms. The van der Waals surface area contributed by atoms with Crippen molar-refractivity contribution in [3.63, 3.8) is 0 Å². The Morgan fingerprint density at radius 2 is 1.57 bits per heavy atom. The molecule has 2 amide bonds. The number of alkyl halides is 3. The highest BCUT2D eigenvalue weighted by Crippen LogP contribution is 2.29. The summed E-state index contributed by atoms with van der Waals surface area (Å²) in [4.78, 5) is 37.6. The molecule has 1 unspecified atom stereocenters. The number of carbonyl (C=O) groups excluding carboxylic acids is 3. The predicted molar refractivity (Wildman–Crippen MR) is 120 cm³/mol. The van der Waals surface area contributed by atoms with Crippen molar-refractivity contribution in [2.45, 2.75) is 37.5 Å². The van der Waals surface area contributed by atoms with E-state index in [-0.39, 0.29) is 42.8 Å². The molecule has 2 aromatic carbocycles. The Bertz CT molecular complexity index is 1210. The summed E-state index contributed by atoms with van der Waals surface area (Å²) < 4.78 is 65.9. The summed E-state index contributed by atoms with van der Waals surface area (Å²) in [6.45, 7) is 2.30. The second kappa shape index (κ2) is 10.2. The van der Waals surface area contributed by atoms with E-state index in [1.807, 2.05) is 0 Å². The van der Waals surface area contributed by atoms with Crippen LogP contribution in [0.2, 0.25) is 0 Å². The molecular weight excluding hydrogens is 487 g/mol. The molecule has 188 valence electrons. The highest BCUT2D eigenvalue weighted by molar-refractivity contribution is 7.89. The van der Waals surface area contributed by atoms with Crippen LogP contribution in [0.3, 0.4) is 0 Å². The number of amides is 2. The maximum atomic E-state index is 13.3. The van der Waals surface area contributed by atoms with Gasteiger partial charge >= 0.3 is 6.18 Å². The second-order valence-electron chi connectivity index (χ2n) is 8.09. The zero-order valence-corrected chi connectivity index (χ0v) is 19.8. The Labute approximate surface area is 200 Å². The van der Waals surface area contributed by atoms with Crippen LogP contribution in [0, 0.1) is 0 Å². The molecule has 1 heterocycles. The number of piperazine rings is 1. The largest absolute Gasteiger partial charge is 0.416 e. The lowest BCUT2D eigenvalue weighted by Gasteiger charge is -2.39. The van der Waals surface area contributed by atoms with E-state index in [9.17, 15) is 36.0 Å². The van der Waals surface area contributed by atoms with Crippen LogP contribution < -0.4 is 5.32 Å². The summed E-state index contributed by atoms with van der Waals surface area (Å²) >= 11 is 0. The van der Waals surface area contributed by atoms with Crippen LogP contribution >= 0.6 is 0 Å². The summed E-state index contributed by atoms with van der Waals surface area (Å²) in [5.41, 5.74) is -0.110. The van der Waals surface area contributed by atoms with Crippen molar-refractivity contribution >= 4 is 27.6 Å². The molecule has 0 saturated carbocycles. The van der Waals surface area contributed by atoms with Crippen molar-refractivity contribution in [2.75, 3.05) is 19.6 Å². The lowest BCUT2D eigenvalue weighted by molar-refractivity contribution is -0.138. The molecule has 2 aromatic rings. The van der Waals surface area contributed by atoms with E-state index < -0.39 is 33.7 Å². The number of benzene rings is 2. The van der Waals surface area contributed by atoms with Crippen molar-refractivity contribution in [3.8, 4) is 0 Å². The summed E-state index contributed by atoms with van der Waals surface area (Å²) in [6, 6.07) is 8.28. The first-order valence-electron chi connectivity index (χ1n) is 10.6. The van der Waals surface area contributed by atoms with Crippen LogP contribution in [-0.4, -0.2) is 60.9 Å². The molecule has 12 heteroatoms. The summed E-state index contributed by atoms with van der Waals surface area (Å²) in [5.74, 6) is -1.25. The smallest absolute Gasteiger partial charge is 0.351 e. The second-order valence-corrected chi connectivity index (χ2v) is 9.98. The Hall–Kier alpha value is -3.25. The molecule has 3 rings (SSSR count). The lowest BCUT2D eigenvalue weighted by Crippen LogP contribution is -2.61. The first kappa shape index (κ1) is 26.4. The zero-order chi connectivity index (χ0) is 26.0. The maximum absolute atomic E-state index is 13.3. The topological polar surface area (TPSA) is 104 Å². The minimum Gasteiger partial charge on any atom is -0.351 e. The van der Waals surface area contributed by atoms with Crippen molar-refractivity contribution < 1.29 is 36.0 Å². The van der Waals surface area contributed by atoms with Gasteiger partial charge in [-0.05, 0) is 36.8 Å². The predicted octanol–water partition coefficient (Wildman–Crippen LogP) is 2.45. The van der Waals surface area contributed by atoms with Gasteiger partial charge in [-0.1, -0.05) is 24.3 Å². The number of sulfonamides is 1. The van der Waals surface area contributed by atoms with Gasteiger partial charge in [0, 0.05) is 38.7 Å². The van der Waals surface area contributed by atoms with E-state index in [1.54, 1.807) is 0 Å². The van der Waals surface area contributed by atoms with Crippen molar-refractivity contribution in [3.05, 3.63) is 65.2 Å². The third-order valence-corrected chi connectivity index (χ3v) is 7.62. The van der Waals surface area contributed by atoms with Gasteiger partial charge < -0.3 is 10.2 Å². The Morgan fingerprint density at radius 1 is 0.971 bits per heavy atom. The normalized spacial score (nSPS) is 17.2. The van der Waals surface area contributed by atoms with E-state index in [0.717, 1.165) is 16.4 Å². The van der Waals surface area contributed by atoms with Crippen LogP contribution in [0.5, 0.6) is 0 Å². The van der Waals surface area contributed by atoms with E-state index in [2.05, 4.69) is 5.32 Å². The maximum Gasteiger partial charge on any atom is 0.416 e. The number of hydrogen-bond acceptors (Lipinski definition) is 5. The molecule has 35 heavy (non-hydrogen) atoms. The Balaban J connectivity index is 1.81.